The lowest BCUT2D eigenvalue weighted by atomic mass is 9.47. The molecule has 4 aliphatic carbocycles. The summed E-state index contributed by atoms with van der Waals surface area (Å²) in [7, 11) is 0. The SMILES string of the molecule is CC12CC[C@H]3[C@H](CC=C4C[C@@H](O)CCC43C)[C@H]1CC=C2c1cccnc1. The van der Waals surface area contributed by atoms with Crippen LogP contribution in [0, 0.1) is 28.6 Å². The standard InChI is InChI=1S/C24H31NO/c1-23-11-9-18(26)14-17(23)5-6-19-21-8-7-20(16-4-3-13-25-15-16)24(21,2)12-10-22(19)23/h3-5,7,13,15,18-19,21-22,26H,6,8-12,14H2,1-2H3/t18-,19+,21+,22-,23?,24?/m0/s1. The first-order chi connectivity index (χ1) is 12.5. The average molecular weight is 350 g/mol. The third-order valence-electron chi connectivity index (χ3n) is 8.63. The number of aromatic nitrogens is 1. The van der Waals surface area contributed by atoms with Crippen molar-refractivity contribution in [2.75, 3.05) is 0 Å². The van der Waals surface area contributed by atoms with Gasteiger partial charge in [0, 0.05) is 12.4 Å². The molecule has 2 heteroatoms. The minimum Gasteiger partial charge on any atom is -0.393 e. The Morgan fingerprint density at radius 2 is 1.88 bits per heavy atom. The molecule has 1 N–H and O–H groups in total. The first-order valence-corrected chi connectivity index (χ1v) is 10.5. The maximum absolute atomic E-state index is 10.2. The molecular formula is C24H31NO. The first kappa shape index (κ1) is 16.7. The first-order valence-electron chi connectivity index (χ1n) is 10.5. The van der Waals surface area contributed by atoms with Crippen LogP contribution in [0.15, 0.2) is 42.3 Å². The van der Waals surface area contributed by atoms with E-state index in [1.165, 1.54) is 37.7 Å². The molecule has 0 bridgehead atoms. The fraction of sp³-hybridized carbons (Fsp3) is 0.625. The molecular weight excluding hydrogens is 318 g/mol. The molecule has 0 aliphatic heterocycles. The smallest absolute Gasteiger partial charge is 0.0577 e. The van der Waals surface area contributed by atoms with Crippen molar-refractivity contribution in [1.29, 1.82) is 0 Å². The maximum atomic E-state index is 10.2. The second-order valence-corrected chi connectivity index (χ2v) is 9.71. The second kappa shape index (κ2) is 5.79. The van der Waals surface area contributed by atoms with Crippen LogP contribution in [-0.4, -0.2) is 16.2 Å². The lowest BCUT2D eigenvalue weighted by molar-refractivity contribution is -0.0238. The van der Waals surface area contributed by atoms with E-state index in [0.29, 0.717) is 10.8 Å². The summed E-state index contributed by atoms with van der Waals surface area (Å²) < 4.78 is 0. The van der Waals surface area contributed by atoms with Gasteiger partial charge < -0.3 is 5.11 Å². The highest BCUT2D eigenvalue weighted by Gasteiger charge is 2.56. The van der Waals surface area contributed by atoms with Gasteiger partial charge >= 0.3 is 0 Å². The predicted molar refractivity (Wildman–Crippen MR) is 105 cm³/mol. The van der Waals surface area contributed by atoms with Crippen LogP contribution < -0.4 is 0 Å². The van der Waals surface area contributed by atoms with Crippen molar-refractivity contribution in [3.63, 3.8) is 0 Å². The van der Waals surface area contributed by atoms with Crippen molar-refractivity contribution >= 4 is 5.57 Å². The zero-order valence-electron chi connectivity index (χ0n) is 16.1. The van der Waals surface area contributed by atoms with Gasteiger partial charge in [0.2, 0.25) is 0 Å². The van der Waals surface area contributed by atoms with E-state index in [0.717, 1.165) is 30.6 Å². The van der Waals surface area contributed by atoms with E-state index >= 15 is 0 Å². The highest BCUT2D eigenvalue weighted by molar-refractivity contribution is 5.72. The number of allylic oxidation sites excluding steroid dienone is 3. The highest BCUT2D eigenvalue weighted by atomic mass is 16.3. The van der Waals surface area contributed by atoms with Crippen LogP contribution >= 0.6 is 0 Å². The summed E-state index contributed by atoms with van der Waals surface area (Å²) in [6, 6.07) is 4.31. The van der Waals surface area contributed by atoms with Crippen molar-refractivity contribution in [2.45, 2.75) is 64.9 Å². The van der Waals surface area contributed by atoms with Crippen molar-refractivity contribution in [3.8, 4) is 0 Å². The Morgan fingerprint density at radius 1 is 1.04 bits per heavy atom. The largest absolute Gasteiger partial charge is 0.393 e. The lowest BCUT2D eigenvalue weighted by Crippen LogP contribution is -2.49. The number of rotatable bonds is 1. The normalized spacial score (nSPS) is 44.4. The molecule has 2 fully saturated rings. The number of nitrogens with zero attached hydrogens (tertiary/aromatic N) is 1. The minimum atomic E-state index is -0.106. The van der Waals surface area contributed by atoms with Gasteiger partial charge in [0.15, 0.2) is 0 Å². The lowest BCUT2D eigenvalue weighted by Gasteiger charge is -2.57. The van der Waals surface area contributed by atoms with Crippen LogP contribution in [0.2, 0.25) is 0 Å². The fourth-order valence-corrected chi connectivity index (χ4v) is 7.18. The molecule has 0 spiro atoms. The van der Waals surface area contributed by atoms with E-state index < -0.39 is 0 Å². The van der Waals surface area contributed by atoms with E-state index in [9.17, 15) is 5.11 Å². The summed E-state index contributed by atoms with van der Waals surface area (Å²) in [5.41, 5.74) is 5.09. The summed E-state index contributed by atoms with van der Waals surface area (Å²) >= 11 is 0. The molecule has 0 radical (unpaired) electrons. The van der Waals surface area contributed by atoms with E-state index in [-0.39, 0.29) is 6.10 Å². The van der Waals surface area contributed by atoms with Crippen molar-refractivity contribution in [1.82, 2.24) is 4.98 Å². The number of aliphatic hydroxyl groups excluding tert-OH is 1. The van der Waals surface area contributed by atoms with Gasteiger partial charge in [0.25, 0.3) is 0 Å². The van der Waals surface area contributed by atoms with Gasteiger partial charge in [0.1, 0.15) is 0 Å². The number of hydrogen-bond donors (Lipinski definition) is 1. The van der Waals surface area contributed by atoms with Crippen LogP contribution in [0.5, 0.6) is 0 Å². The highest BCUT2D eigenvalue weighted by Crippen LogP contribution is 2.66. The predicted octanol–water partition coefficient (Wildman–Crippen LogP) is 5.40. The molecule has 26 heavy (non-hydrogen) atoms. The van der Waals surface area contributed by atoms with Gasteiger partial charge in [-0.15, -0.1) is 0 Å². The van der Waals surface area contributed by atoms with E-state index in [1.807, 2.05) is 12.4 Å². The Bertz CT molecular complexity index is 766. The second-order valence-electron chi connectivity index (χ2n) is 9.71. The quantitative estimate of drug-likeness (QED) is 0.689. The molecule has 5 rings (SSSR count). The van der Waals surface area contributed by atoms with Crippen LogP contribution in [-0.2, 0) is 0 Å². The third kappa shape index (κ3) is 2.24. The molecule has 1 heterocycles. The van der Waals surface area contributed by atoms with E-state index in [2.05, 4.69) is 43.1 Å². The van der Waals surface area contributed by atoms with Gasteiger partial charge in [-0.2, -0.15) is 0 Å². The van der Waals surface area contributed by atoms with Crippen LogP contribution in [0.1, 0.15) is 64.4 Å². The third-order valence-corrected chi connectivity index (χ3v) is 8.63. The topological polar surface area (TPSA) is 33.1 Å². The molecule has 138 valence electrons. The molecule has 0 amide bonds. The number of fused-ring (bicyclic) bond motifs is 5. The average Bonchev–Trinajstić information content (AvgIpc) is 3.00. The van der Waals surface area contributed by atoms with Gasteiger partial charge in [-0.3, -0.25) is 4.98 Å². The van der Waals surface area contributed by atoms with Gasteiger partial charge in [-0.1, -0.05) is 37.6 Å². The number of hydrogen-bond acceptors (Lipinski definition) is 2. The van der Waals surface area contributed by atoms with Crippen LogP contribution in [0.3, 0.4) is 0 Å². The van der Waals surface area contributed by atoms with Crippen LogP contribution in [0.4, 0.5) is 0 Å². The molecule has 2 unspecified atom stereocenters. The van der Waals surface area contributed by atoms with Crippen molar-refractivity contribution in [2.24, 2.45) is 28.6 Å². The Hall–Kier alpha value is -1.41. The Labute approximate surface area is 157 Å². The summed E-state index contributed by atoms with van der Waals surface area (Å²) in [6.07, 6.45) is 17.0. The minimum absolute atomic E-state index is 0.106. The van der Waals surface area contributed by atoms with Crippen molar-refractivity contribution in [3.05, 3.63) is 47.8 Å². The number of aliphatic hydroxyl groups is 1. The molecule has 2 nitrogen and oxygen atoms in total. The van der Waals surface area contributed by atoms with Gasteiger partial charge in [-0.25, -0.2) is 0 Å². The molecule has 4 aliphatic rings. The summed E-state index contributed by atoms with van der Waals surface area (Å²) in [6.45, 7) is 5.03. The molecule has 2 saturated carbocycles. The zero-order valence-corrected chi connectivity index (χ0v) is 16.1. The Morgan fingerprint density at radius 3 is 2.69 bits per heavy atom. The van der Waals surface area contributed by atoms with E-state index in [1.54, 1.807) is 11.1 Å². The zero-order chi connectivity index (χ0) is 17.9. The Kier molecular flexibility index (Phi) is 3.73. The maximum Gasteiger partial charge on any atom is 0.0577 e. The van der Waals surface area contributed by atoms with Gasteiger partial charge in [-0.05, 0) is 90.7 Å². The van der Waals surface area contributed by atoms with Crippen molar-refractivity contribution < 1.29 is 5.11 Å². The number of pyridine rings is 1. The van der Waals surface area contributed by atoms with E-state index in [4.69, 9.17) is 0 Å². The monoisotopic (exact) mass is 349 g/mol. The summed E-state index contributed by atoms with van der Waals surface area (Å²) in [4.78, 5) is 4.38. The summed E-state index contributed by atoms with van der Waals surface area (Å²) in [5.74, 6) is 2.36. The molecule has 6 atom stereocenters. The van der Waals surface area contributed by atoms with Crippen LogP contribution in [0.25, 0.3) is 5.57 Å². The molecule has 1 aromatic heterocycles. The van der Waals surface area contributed by atoms with Gasteiger partial charge in [0.05, 0.1) is 6.10 Å². The molecule has 0 aromatic carbocycles. The molecule has 0 saturated heterocycles. The molecule has 1 aromatic rings. The fourth-order valence-electron chi connectivity index (χ4n) is 7.18. The summed E-state index contributed by atoms with van der Waals surface area (Å²) in [5, 5.41) is 10.2. The Balaban J connectivity index is 1.48.